The van der Waals surface area contributed by atoms with Crippen molar-refractivity contribution >= 4 is 0 Å². The topological polar surface area (TPSA) is 85.5 Å². The molecule has 1 aromatic carbocycles. The molecule has 0 saturated heterocycles. The maximum atomic E-state index is 9.99. The van der Waals surface area contributed by atoms with Crippen LogP contribution in [0.15, 0.2) is 24.3 Å². The molecule has 2 rings (SSSR count). The van der Waals surface area contributed by atoms with E-state index >= 15 is 0 Å². The first-order valence-electron chi connectivity index (χ1n) is 7.35. The van der Waals surface area contributed by atoms with Crippen LogP contribution < -0.4 is 10.1 Å². The third kappa shape index (κ3) is 4.18. The van der Waals surface area contributed by atoms with E-state index in [2.05, 4.69) is 11.4 Å². The van der Waals surface area contributed by atoms with Crippen LogP contribution in [-0.4, -0.2) is 41.6 Å². The van der Waals surface area contributed by atoms with Gasteiger partial charge in [0.1, 0.15) is 24.5 Å². The molecule has 114 valence electrons. The number of benzene rings is 1. The van der Waals surface area contributed by atoms with Crippen molar-refractivity contribution in [1.29, 1.82) is 5.26 Å². The molecule has 0 aromatic heterocycles. The van der Waals surface area contributed by atoms with E-state index in [4.69, 9.17) is 10.00 Å². The Morgan fingerprint density at radius 2 is 2.05 bits per heavy atom. The maximum Gasteiger partial charge on any atom is 0.137 e. The molecule has 5 nitrogen and oxygen atoms in total. The van der Waals surface area contributed by atoms with Crippen molar-refractivity contribution in [3.05, 3.63) is 29.8 Å². The molecule has 0 aliphatic heterocycles. The van der Waals surface area contributed by atoms with E-state index in [1.165, 1.54) is 0 Å². The van der Waals surface area contributed by atoms with E-state index in [1.807, 2.05) is 0 Å². The number of aliphatic hydroxyl groups is 2. The van der Waals surface area contributed by atoms with Gasteiger partial charge in [0.2, 0.25) is 0 Å². The summed E-state index contributed by atoms with van der Waals surface area (Å²) >= 11 is 0. The minimum atomic E-state index is -0.680. The molecule has 1 unspecified atom stereocenters. The second-order valence-electron chi connectivity index (χ2n) is 5.60. The molecular weight excluding hydrogens is 268 g/mol. The third-order valence-electron chi connectivity index (χ3n) is 4.01. The zero-order valence-corrected chi connectivity index (χ0v) is 12.1. The molecule has 0 spiro atoms. The highest BCUT2D eigenvalue weighted by Crippen LogP contribution is 2.28. The lowest BCUT2D eigenvalue weighted by Crippen LogP contribution is -2.49. The minimum Gasteiger partial charge on any atom is -0.489 e. The van der Waals surface area contributed by atoms with Gasteiger partial charge in [-0.25, -0.2) is 0 Å². The van der Waals surface area contributed by atoms with Gasteiger partial charge in [0, 0.05) is 12.1 Å². The van der Waals surface area contributed by atoms with Crippen LogP contribution in [0.5, 0.6) is 5.75 Å². The normalized spacial score (nSPS) is 18.1. The predicted molar refractivity (Wildman–Crippen MR) is 78.9 cm³/mol. The van der Waals surface area contributed by atoms with Crippen LogP contribution in [0.3, 0.4) is 0 Å². The van der Waals surface area contributed by atoms with Gasteiger partial charge in [-0.15, -0.1) is 0 Å². The highest BCUT2D eigenvalue weighted by molar-refractivity contribution is 5.42. The second kappa shape index (κ2) is 7.41. The van der Waals surface area contributed by atoms with Gasteiger partial charge in [0.05, 0.1) is 12.2 Å². The summed E-state index contributed by atoms with van der Waals surface area (Å²) < 4.78 is 5.50. The number of para-hydroxylation sites is 1. The Morgan fingerprint density at radius 1 is 1.33 bits per heavy atom. The van der Waals surface area contributed by atoms with Gasteiger partial charge in [-0.3, -0.25) is 0 Å². The number of aliphatic hydroxyl groups excluding tert-OH is 2. The van der Waals surface area contributed by atoms with E-state index < -0.39 is 6.10 Å². The molecule has 1 aromatic rings. The standard InChI is InChI=1S/C16H22N2O3/c17-9-13-5-1-2-6-15(13)21-11-14(20)10-18-16(12-19)7-3-4-8-16/h1-2,5-6,14,18-20H,3-4,7-8,10-12H2. The molecule has 0 bridgehead atoms. The van der Waals surface area contributed by atoms with E-state index in [0.717, 1.165) is 25.7 Å². The van der Waals surface area contributed by atoms with Crippen molar-refractivity contribution < 1.29 is 14.9 Å². The smallest absolute Gasteiger partial charge is 0.137 e. The molecule has 0 heterocycles. The van der Waals surface area contributed by atoms with Crippen LogP contribution in [0.2, 0.25) is 0 Å². The summed E-state index contributed by atoms with van der Waals surface area (Å²) in [6.07, 6.45) is 3.41. The monoisotopic (exact) mass is 290 g/mol. The first-order valence-corrected chi connectivity index (χ1v) is 7.35. The summed E-state index contributed by atoms with van der Waals surface area (Å²) in [5, 5.41) is 31.7. The molecule has 21 heavy (non-hydrogen) atoms. The maximum absolute atomic E-state index is 9.99. The van der Waals surface area contributed by atoms with Crippen molar-refractivity contribution in [2.24, 2.45) is 0 Å². The van der Waals surface area contributed by atoms with E-state index in [1.54, 1.807) is 24.3 Å². The van der Waals surface area contributed by atoms with E-state index in [-0.39, 0.29) is 18.8 Å². The minimum absolute atomic E-state index is 0.0951. The lowest BCUT2D eigenvalue weighted by molar-refractivity contribution is 0.0849. The van der Waals surface area contributed by atoms with Gasteiger partial charge in [-0.2, -0.15) is 5.26 Å². The zero-order chi connectivity index (χ0) is 15.1. The number of nitriles is 1. The quantitative estimate of drug-likeness (QED) is 0.702. The van der Waals surface area contributed by atoms with Gasteiger partial charge in [-0.05, 0) is 25.0 Å². The first-order chi connectivity index (χ1) is 10.2. The number of β-amino-alcohol motifs (C(OH)–C–C–N with tert-alkyl or cyclic N) is 1. The average Bonchev–Trinajstić information content (AvgIpc) is 3.00. The van der Waals surface area contributed by atoms with Crippen LogP contribution in [0, 0.1) is 11.3 Å². The van der Waals surface area contributed by atoms with Gasteiger partial charge in [-0.1, -0.05) is 25.0 Å². The molecule has 3 N–H and O–H groups in total. The molecule has 0 radical (unpaired) electrons. The van der Waals surface area contributed by atoms with Crippen LogP contribution in [0.4, 0.5) is 0 Å². The summed E-state index contributed by atoms with van der Waals surface area (Å²) in [6.45, 7) is 0.584. The fourth-order valence-corrected chi connectivity index (χ4v) is 2.71. The van der Waals surface area contributed by atoms with Crippen LogP contribution >= 0.6 is 0 Å². The SMILES string of the molecule is N#Cc1ccccc1OCC(O)CNC1(CO)CCCC1. The highest BCUT2D eigenvalue weighted by Gasteiger charge is 2.32. The molecule has 5 heteroatoms. The van der Waals surface area contributed by atoms with Gasteiger partial charge < -0.3 is 20.3 Å². The number of ether oxygens (including phenoxy) is 1. The van der Waals surface area contributed by atoms with E-state index in [9.17, 15) is 10.2 Å². The van der Waals surface area contributed by atoms with Crippen molar-refractivity contribution in [3.63, 3.8) is 0 Å². The molecule has 0 amide bonds. The molecule has 1 saturated carbocycles. The van der Waals surface area contributed by atoms with Crippen molar-refractivity contribution in [2.45, 2.75) is 37.3 Å². The van der Waals surface area contributed by atoms with Crippen molar-refractivity contribution in [3.8, 4) is 11.8 Å². The predicted octanol–water partition coefficient (Wildman–Crippen LogP) is 1.19. The summed E-state index contributed by atoms with van der Waals surface area (Å²) in [5.41, 5.74) is 0.214. The van der Waals surface area contributed by atoms with Crippen molar-refractivity contribution in [2.75, 3.05) is 19.8 Å². The Labute approximate surface area is 125 Å². The van der Waals surface area contributed by atoms with Crippen molar-refractivity contribution in [1.82, 2.24) is 5.32 Å². The summed E-state index contributed by atoms with van der Waals surface area (Å²) in [6, 6.07) is 9.01. The van der Waals surface area contributed by atoms with Crippen LogP contribution in [0.25, 0.3) is 0 Å². The average molecular weight is 290 g/mol. The first kappa shape index (κ1) is 15.8. The molecule has 1 fully saturated rings. The molecule has 1 aliphatic rings. The number of rotatable bonds is 7. The lowest BCUT2D eigenvalue weighted by atomic mass is 9.99. The lowest BCUT2D eigenvalue weighted by Gasteiger charge is -2.29. The number of hydrogen-bond donors (Lipinski definition) is 3. The number of nitrogens with one attached hydrogen (secondary N) is 1. The Balaban J connectivity index is 1.80. The fraction of sp³-hybridized carbons (Fsp3) is 0.562. The van der Waals surface area contributed by atoms with E-state index in [0.29, 0.717) is 17.9 Å². The number of hydrogen-bond acceptors (Lipinski definition) is 5. The third-order valence-corrected chi connectivity index (χ3v) is 4.01. The second-order valence-corrected chi connectivity index (χ2v) is 5.60. The van der Waals surface area contributed by atoms with Crippen LogP contribution in [0.1, 0.15) is 31.2 Å². The Morgan fingerprint density at radius 3 is 2.71 bits per heavy atom. The molecule has 1 atom stereocenters. The fourth-order valence-electron chi connectivity index (χ4n) is 2.71. The zero-order valence-electron chi connectivity index (χ0n) is 12.1. The van der Waals surface area contributed by atoms with Crippen LogP contribution in [-0.2, 0) is 0 Å². The Kier molecular flexibility index (Phi) is 5.57. The van der Waals surface area contributed by atoms with Gasteiger partial charge in [0.25, 0.3) is 0 Å². The summed E-state index contributed by atoms with van der Waals surface area (Å²) in [4.78, 5) is 0. The summed E-state index contributed by atoms with van der Waals surface area (Å²) in [5.74, 6) is 0.483. The largest absolute Gasteiger partial charge is 0.489 e. The Hall–Kier alpha value is -1.61. The Bertz CT molecular complexity index is 493. The molecule has 1 aliphatic carbocycles. The molecular formula is C16H22N2O3. The highest BCUT2D eigenvalue weighted by atomic mass is 16.5. The summed E-state index contributed by atoms with van der Waals surface area (Å²) in [7, 11) is 0. The number of nitrogens with zero attached hydrogens (tertiary/aromatic N) is 1. The van der Waals surface area contributed by atoms with Gasteiger partial charge in [0.15, 0.2) is 0 Å². The van der Waals surface area contributed by atoms with Gasteiger partial charge >= 0.3 is 0 Å².